The van der Waals surface area contributed by atoms with Crippen LogP contribution < -0.4 is 16.0 Å². The summed E-state index contributed by atoms with van der Waals surface area (Å²) in [6, 6.07) is 7.03. The van der Waals surface area contributed by atoms with Crippen LogP contribution in [0.15, 0.2) is 30.5 Å². The molecule has 0 unspecified atom stereocenters. The van der Waals surface area contributed by atoms with Crippen molar-refractivity contribution in [3.05, 3.63) is 41.6 Å². The highest BCUT2D eigenvalue weighted by molar-refractivity contribution is 6.00. The number of nitrogens with one attached hydrogen (secondary N) is 3. The molecule has 2 amide bonds. The summed E-state index contributed by atoms with van der Waals surface area (Å²) in [6.07, 6.45) is 3.41. The van der Waals surface area contributed by atoms with Crippen LogP contribution >= 0.6 is 0 Å². The molecule has 268 valence electrons. The van der Waals surface area contributed by atoms with Gasteiger partial charge in [-0.05, 0) is 83.6 Å². The number of para-hydroxylation sites is 1. The Hall–Kier alpha value is -3.49. The van der Waals surface area contributed by atoms with Crippen molar-refractivity contribution in [1.29, 1.82) is 0 Å². The molecule has 2 saturated heterocycles. The van der Waals surface area contributed by atoms with Crippen molar-refractivity contribution in [2.75, 3.05) is 64.1 Å². The second kappa shape index (κ2) is 15.6. The number of piperidine rings is 1. The zero-order valence-electron chi connectivity index (χ0n) is 28.5. The smallest absolute Gasteiger partial charge is 0.379 e. The van der Waals surface area contributed by atoms with Gasteiger partial charge in [-0.15, -0.1) is 0 Å². The van der Waals surface area contributed by atoms with Gasteiger partial charge in [0.15, 0.2) is 0 Å². The quantitative estimate of drug-likeness (QED) is 0.344. The van der Waals surface area contributed by atoms with Gasteiger partial charge in [-0.3, -0.25) is 14.5 Å². The molecule has 2 aliphatic heterocycles. The number of aromatic nitrogens is 2. The Morgan fingerprint density at radius 2 is 1.67 bits per heavy atom. The van der Waals surface area contributed by atoms with Gasteiger partial charge >= 0.3 is 6.18 Å². The predicted molar refractivity (Wildman–Crippen MR) is 181 cm³/mol. The largest absolute Gasteiger partial charge is 0.421 e. The maximum absolute atomic E-state index is 14.2. The van der Waals surface area contributed by atoms with Gasteiger partial charge in [-0.2, -0.15) is 18.2 Å². The van der Waals surface area contributed by atoms with Crippen LogP contribution in [0.25, 0.3) is 0 Å². The van der Waals surface area contributed by atoms with E-state index in [-0.39, 0.29) is 35.7 Å². The maximum Gasteiger partial charge on any atom is 0.421 e. The molecule has 1 aromatic heterocycles. The number of amides is 2. The SMILES string of the molecule is CN1CCC(N(C)C(=O)c2ccccc2Nc2ncc(C(F)(F)F)c(N[C@@H]3CCC[C@@H]3C(=O)NC3CCC(N4CCOCC4)CC3)n2)CC1. The molecule has 2 aromatic rings. The highest BCUT2D eigenvalue weighted by atomic mass is 19.4. The van der Waals surface area contributed by atoms with Crippen molar-refractivity contribution in [2.45, 2.75) is 88.1 Å². The van der Waals surface area contributed by atoms with Crippen molar-refractivity contribution in [3.8, 4) is 0 Å². The first-order chi connectivity index (χ1) is 23.6. The van der Waals surface area contributed by atoms with Crippen LogP contribution in [0.5, 0.6) is 0 Å². The van der Waals surface area contributed by atoms with Crippen molar-refractivity contribution >= 4 is 29.3 Å². The van der Waals surface area contributed by atoms with E-state index in [0.717, 1.165) is 90.5 Å². The molecule has 0 spiro atoms. The Morgan fingerprint density at radius 3 is 2.39 bits per heavy atom. The number of ether oxygens (including phenoxy) is 1. The molecule has 4 aliphatic rings. The van der Waals surface area contributed by atoms with Gasteiger partial charge in [0.1, 0.15) is 11.4 Å². The Morgan fingerprint density at radius 1 is 0.959 bits per heavy atom. The molecule has 6 rings (SSSR count). The molecule has 2 atom stereocenters. The van der Waals surface area contributed by atoms with Gasteiger partial charge in [0.05, 0.1) is 30.4 Å². The van der Waals surface area contributed by atoms with Gasteiger partial charge in [0.25, 0.3) is 5.91 Å². The second-order valence-corrected chi connectivity index (χ2v) is 14.0. The lowest BCUT2D eigenvalue weighted by atomic mass is 9.89. The summed E-state index contributed by atoms with van der Waals surface area (Å²) in [6.45, 7) is 5.20. The van der Waals surface area contributed by atoms with E-state index in [9.17, 15) is 22.8 Å². The molecular formula is C35H49F3N8O3. The van der Waals surface area contributed by atoms with Crippen molar-refractivity contribution < 1.29 is 27.5 Å². The Labute approximate surface area is 286 Å². The summed E-state index contributed by atoms with van der Waals surface area (Å²) in [5, 5.41) is 9.21. The summed E-state index contributed by atoms with van der Waals surface area (Å²) >= 11 is 0. The fraction of sp³-hybridized carbons (Fsp3) is 0.657. The van der Waals surface area contributed by atoms with Crippen LogP contribution in [0.1, 0.15) is 73.7 Å². The minimum Gasteiger partial charge on any atom is -0.379 e. The maximum atomic E-state index is 14.2. The average Bonchev–Trinajstić information content (AvgIpc) is 3.57. The zero-order valence-corrected chi connectivity index (χ0v) is 28.5. The molecule has 14 heteroatoms. The summed E-state index contributed by atoms with van der Waals surface area (Å²) in [7, 11) is 3.85. The lowest BCUT2D eigenvalue weighted by molar-refractivity contribution is -0.137. The van der Waals surface area contributed by atoms with Crippen LogP contribution in [0, 0.1) is 5.92 Å². The summed E-state index contributed by atoms with van der Waals surface area (Å²) < 4.78 is 48.0. The van der Waals surface area contributed by atoms with E-state index in [1.54, 1.807) is 36.2 Å². The first kappa shape index (κ1) is 35.3. The number of morpholine rings is 1. The first-order valence-electron chi connectivity index (χ1n) is 17.7. The molecule has 2 aliphatic carbocycles. The van der Waals surface area contributed by atoms with Gasteiger partial charge in [-0.25, -0.2) is 4.98 Å². The number of alkyl halides is 3. The Bertz CT molecular complexity index is 1440. The number of likely N-dealkylation sites (tertiary alicyclic amines) is 1. The van der Waals surface area contributed by atoms with E-state index in [0.29, 0.717) is 30.1 Å². The molecule has 3 N–H and O–H groups in total. The lowest BCUT2D eigenvalue weighted by Crippen LogP contribution is -2.49. The predicted octanol–water partition coefficient (Wildman–Crippen LogP) is 4.75. The minimum absolute atomic E-state index is 0.0629. The van der Waals surface area contributed by atoms with Crippen LogP contribution in [0.3, 0.4) is 0 Å². The van der Waals surface area contributed by atoms with E-state index in [4.69, 9.17) is 4.74 Å². The average molecular weight is 687 g/mol. The number of hydrogen-bond acceptors (Lipinski definition) is 9. The van der Waals surface area contributed by atoms with Crippen LogP contribution in [-0.2, 0) is 15.7 Å². The first-order valence-corrected chi connectivity index (χ1v) is 17.7. The highest BCUT2D eigenvalue weighted by Gasteiger charge is 2.40. The van der Waals surface area contributed by atoms with Crippen molar-refractivity contribution in [3.63, 3.8) is 0 Å². The normalized spacial score (nSPS) is 25.9. The summed E-state index contributed by atoms with van der Waals surface area (Å²) in [5.41, 5.74) is -0.218. The van der Waals surface area contributed by atoms with E-state index in [1.165, 1.54) is 0 Å². The van der Waals surface area contributed by atoms with Crippen LogP contribution in [0.2, 0.25) is 0 Å². The van der Waals surface area contributed by atoms with Crippen molar-refractivity contribution in [2.24, 2.45) is 5.92 Å². The Balaban J connectivity index is 1.12. The van der Waals surface area contributed by atoms with Crippen LogP contribution in [-0.4, -0.2) is 114 Å². The number of carbonyl (C=O) groups excluding carboxylic acids is 2. The summed E-state index contributed by atoms with van der Waals surface area (Å²) in [4.78, 5) is 41.8. The summed E-state index contributed by atoms with van der Waals surface area (Å²) in [5.74, 6) is -1.23. The van der Waals surface area contributed by atoms with E-state index >= 15 is 0 Å². The topological polar surface area (TPSA) is 115 Å². The molecule has 49 heavy (non-hydrogen) atoms. The molecular weight excluding hydrogens is 637 g/mol. The fourth-order valence-corrected chi connectivity index (χ4v) is 7.86. The van der Waals surface area contributed by atoms with Crippen molar-refractivity contribution in [1.82, 2.24) is 30.0 Å². The minimum atomic E-state index is -4.71. The van der Waals surface area contributed by atoms with Gasteiger partial charge < -0.3 is 30.5 Å². The van der Waals surface area contributed by atoms with E-state index in [1.807, 2.05) is 0 Å². The third-order valence-corrected chi connectivity index (χ3v) is 10.8. The molecule has 2 saturated carbocycles. The monoisotopic (exact) mass is 686 g/mol. The molecule has 4 fully saturated rings. The van der Waals surface area contributed by atoms with Gasteiger partial charge in [0.2, 0.25) is 11.9 Å². The number of nitrogens with zero attached hydrogens (tertiary/aromatic N) is 5. The number of anilines is 3. The Kier molecular flexibility index (Phi) is 11.2. The third-order valence-electron chi connectivity index (χ3n) is 10.8. The number of benzene rings is 1. The molecule has 1 aromatic carbocycles. The zero-order chi connectivity index (χ0) is 34.5. The lowest BCUT2D eigenvalue weighted by Gasteiger charge is -2.39. The molecule has 0 radical (unpaired) electrons. The van der Waals surface area contributed by atoms with Gasteiger partial charge in [0, 0.05) is 50.5 Å². The third kappa shape index (κ3) is 8.64. The molecule has 11 nitrogen and oxygen atoms in total. The molecule has 3 heterocycles. The second-order valence-electron chi connectivity index (χ2n) is 14.0. The molecule has 0 bridgehead atoms. The number of hydrogen-bond donors (Lipinski definition) is 3. The van der Waals surface area contributed by atoms with E-state index in [2.05, 4.69) is 42.8 Å². The van der Waals surface area contributed by atoms with Gasteiger partial charge in [-0.1, -0.05) is 18.6 Å². The number of carbonyl (C=O) groups is 2. The van der Waals surface area contributed by atoms with E-state index < -0.39 is 23.7 Å². The van der Waals surface area contributed by atoms with Crippen LogP contribution in [0.4, 0.5) is 30.6 Å². The highest BCUT2D eigenvalue weighted by Crippen LogP contribution is 2.37. The number of halogens is 3. The fourth-order valence-electron chi connectivity index (χ4n) is 7.86. The number of rotatable bonds is 9. The standard InChI is InChI=1S/C35H49F3N8O3/c1-44-16-14-24(15-17-44)45(2)33(48)27-6-3-4-8-30(27)42-34-39-22-28(35(36,37)38)31(43-34)41-29-9-5-7-26(29)32(47)40-23-10-12-25(13-11-23)46-18-20-49-21-19-46/h3-4,6,8,22-26,29H,5,7,9-21H2,1-2H3,(H,40,47)(H2,39,41,42,43)/t23?,25?,26-,29+/m0/s1.